The van der Waals surface area contributed by atoms with Crippen molar-refractivity contribution in [1.29, 1.82) is 0 Å². The molecule has 32 heavy (non-hydrogen) atoms. The van der Waals surface area contributed by atoms with Crippen molar-refractivity contribution in [1.82, 2.24) is 9.97 Å². The van der Waals surface area contributed by atoms with Gasteiger partial charge >= 0.3 is 0 Å². The first-order chi connectivity index (χ1) is 15.6. The van der Waals surface area contributed by atoms with Gasteiger partial charge in [0.15, 0.2) is 16.7 Å². The third-order valence-electron chi connectivity index (χ3n) is 4.52. The topological polar surface area (TPSA) is 103 Å². The van der Waals surface area contributed by atoms with E-state index in [1.54, 1.807) is 36.8 Å². The molecular formula is C22H20ClN3O5S. The number of hydrogen-bond donors (Lipinski definition) is 2. The summed E-state index contributed by atoms with van der Waals surface area (Å²) >= 11 is 7.58. The van der Waals surface area contributed by atoms with Gasteiger partial charge in [-0.2, -0.15) is 0 Å². The summed E-state index contributed by atoms with van der Waals surface area (Å²) in [6.07, 6.45) is 3.44. The third kappa shape index (κ3) is 4.79. The van der Waals surface area contributed by atoms with Gasteiger partial charge in [0.05, 0.1) is 37.5 Å². The quantitative estimate of drug-likeness (QED) is 0.299. The molecule has 0 aliphatic heterocycles. The number of aromatic amines is 1. The molecule has 0 saturated heterocycles. The van der Waals surface area contributed by atoms with E-state index in [9.17, 15) is 4.79 Å². The number of nitrogens with one attached hydrogen (secondary N) is 2. The zero-order valence-corrected chi connectivity index (χ0v) is 18.9. The number of rotatable bonds is 9. The second-order valence-corrected chi connectivity index (χ2v) is 8.04. The Morgan fingerprint density at radius 3 is 2.50 bits per heavy atom. The van der Waals surface area contributed by atoms with Gasteiger partial charge in [0.1, 0.15) is 22.9 Å². The standard InChI is InChI=1S/C22H20ClN3O5S/c1-28-17-12-18(29-2)14(11-13(17)23)24-19(27)7-10-32-22-25-20(15-5-3-8-30-15)21(26-22)16-6-4-9-31-16/h3-6,8-9,11-12H,7,10H2,1-2H3,(H,24,27)(H,25,26). The minimum absolute atomic E-state index is 0.180. The molecule has 0 spiro atoms. The van der Waals surface area contributed by atoms with Gasteiger partial charge in [-0.1, -0.05) is 23.4 Å². The zero-order chi connectivity index (χ0) is 22.5. The number of carbonyl (C=O) groups excluding carboxylic acids is 1. The van der Waals surface area contributed by atoms with Crippen molar-refractivity contribution < 1.29 is 23.1 Å². The predicted molar refractivity (Wildman–Crippen MR) is 123 cm³/mol. The number of aromatic nitrogens is 2. The molecule has 0 fully saturated rings. The van der Waals surface area contributed by atoms with Gasteiger partial charge in [-0.05, 0) is 30.3 Å². The van der Waals surface area contributed by atoms with Crippen molar-refractivity contribution in [3.8, 4) is 34.4 Å². The molecule has 3 aromatic heterocycles. The lowest BCUT2D eigenvalue weighted by atomic mass is 10.2. The number of furan rings is 2. The molecule has 0 radical (unpaired) electrons. The summed E-state index contributed by atoms with van der Waals surface area (Å²) < 4.78 is 21.5. The molecule has 4 aromatic rings. The minimum Gasteiger partial charge on any atom is -0.495 e. The predicted octanol–water partition coefficient (Wildman–Crippen LogP) is 5.72. The van der Waals surface area contributed by atoms with Gasteiger partial charge < -0.3 is 28.6 Å². The molecule has 0 atom stereocenters. The fraction of sp³-hybridized carbons (Fsp3) is 0.182. The van der Waals surface area contributed by atoms with Crippen molar-refractivity contribution in [3.63, 3.8) is 0 Å². The smallest absolute Gasteiger partial charge is 0.225 e. The summed E-state index contributed by atoms with van der Waals surface area (Å²) in [5.74, 6) is 2.53. The van der Waals surface area contributed by atoms with Gasteiger partial charge in [-0.15, -0.1) is 0 Å². The molecule has 1 aromatic carbocycles. The van der Waals surface area contributed by atoms with Crippen LogP contribution in [0.25, 0.3) is 22.9 Å². The summed E-state index contributed by atoms with van der Waals surface area (Å²) in [5.41, 5.74) is 1.84. The Balaban J connectivity index is 1.41. The summed E-state index contributed by atoms with van der Waals surface area (Å²) in [4.78, 5) is 20.3. The lowest BCUT2D eigenvalue weighted by Gasteiger charge is -2.13. The van der Waals surface area contributed by atoms with E-state index in [1.807, 2.05) is 12.1 Å². The highest BCUT2D eigenvalue weighted by Crippen LogP contribution is 2.36. The van der Waals surface area contributed by atoms with Gasteiger partial charge in [0.2, 0.25) is 5.91 Å². The molecule has 0 unspecified atom stereocenters. The number of thioether (sulfide) groups is 1. The van der Waals surface area contributed by atoms with E-state index >= 15 is 0 Å². The van der Waals surface area contributed by atoms with Crippen LogP contribution < -0.4 is 14.8 Å². The van der Waals surface area contributed by atoms with E-state index in [0.29, 0.717) is 50.3 Å². The van der Waals surface area contributed by atoms with Crippen molar-refractivity contribution in [2.24, 2.45) is 0 Å². The molecule has 0 aliphatic carbocycles. The van der Waals surface area contributed by atoms with Gasteiger partial charge in [-0.3, -0.25) is 4.79 Å². The Morgan fingerprint density at radius 1 is 1.12 bits per heavy atom. The Morgan fingerprint density at radius 2 is 1.84 bits per heavy atom. The highest BCUT2D eigenvalue weighted by Gasteiger charge is 2.19. The summed E-state index contributed by atoms with van der Waals surface area (Å²) in [6.45, 7) is 0. The van der Waals surface area contributed by atoms with E-state index in [-0.39, 0.29) is 12.3 Å². The molecule has 10 heteroatoms. The summed E-state index contributed by atoms with van der Waals surface area (Å²) in [5, 5.41) is 3.86. The number of methoxy groups -OCH3 is 2. The maximum Gasteiger partial charge on any atom is 0.225 e. The van der Waals surface area contributed by atoms with Crippen LogP contribution in [0.5, 0.6) is 11.5 Å². The molecule has 1 amide bonds. The third-order valence-corrected chi connectivity index (χ3v) is 5.69. The van der Waals surface area contributed by atoms with Crippen LogP contribution in [-0.4, -0.2) is 35.8 Å². The van der Waals surface area contributed by atoms with Crippen LogP contribution in [0.3, 0.4) is 0 Å². The maximum atomic E-state index is 12.5. The summed E-state index contributed by atoms with van der Waals surface area (Å²) in [7, 11) is 3.03. The van der Waals surface area contributed by atoms with Crippen molar-refractivity contribution >= 4 is 35.0 Å². The second-order valence-electron chi connectivity index (χ2n) is 6.55. The zero-order valence-electron chi connectivity index (χ0n) is 17.3. The van der Waals surface area contributed by atoms with Crippen LogP contribution in [0.4, 0.5) is 5.69 Å². The Hall–Kier alpha value is -3.30. The van der Waals surface area contributed by atoms with Crippen LogP contribution in [0, 0.1) is 0 Å². The number of nitrogens with zero attached hydrogens (tertiary/aromatic N) is 1. The number of benzene rings is 1. The Kier molecular flexibility index (Phi) is 6.77. The van der Waals surface area contributed by atoms with Crippen LogP contribution in [0.1, 0.15) is 6.42 Å². The van der Waals surface area contributed by atoms with Crippen molar-refractivity contribution in [3.05, 3.63) is 53.9 Å². The van der Waals surface area contributed by atoms with Gasteiger partial charge in [0, 0.05) is 18.2 Å². The van der Waals surface area contributed by atoms with Crippen LogP contribution in [0.2, 0.25) is 5.02 Å². The number of hydrogen-bond acceptors (Lipinski definition) is 7. The second kappa shape index (κ2) is 9.88. The molecule has 3 heterocycles. The SMILES string of the molecule is COc1cc(OC)c(NC(=O)CCSc2nc(-c3ccco3)c(-c3ccco3)[nH]2)cc1Cl. The number of ether oxygens (including phenoxy) is 2. The van der Waals surface area contributed by atoms with Crippen LogP contribution >= 0.6 is 23.4 Å². The first kappa shape index (κ1) is 21.9. The average molecular weight is 474 g/mol. The average Bonchev–Trinajstić information content (AvgIpc) is 3.54. The molecule has 166 valence electrons. The summed E-state index contributed by atoms with van der Waals surface area (Å²) in [6, 6.07) is 10.5. The van der Waals surface area contributed by atoms with Crippen LogP contribution in [0.15, 0.2) is 62.9 Å². The fourth-order valence-corrected chi connectivity index (χ4v) is 4.07. The molecule has 4 rings (SSSR count). The molecule has 2 N–H and O–H groups in total. The normalized spacial score (nSPS) is 10.8. The van der Waals surface area contributed by atoms with Crippen LogP contribution in [-0.2, 0) is 4.79 Å². The molecule has 8 nitrogen and oxygen atoms in total. The number of imidazole rings is 1. The number of carbonyl (C=O) groups is 1. The molecule has 0 aliphatic rings. The highest BCUT2D eigenvalue weighted by atomic mass is 35.5. The number of anilines is 1. The van der Waals surface area contributed by atoms with E-state index < -0.39 is 0 Å². The van der Waals surface area contributed by atoms with Gasteiger partial charge in [-0.25, -0.2) is 4.98 Å². The fourth-order valence-electron chi connectivity index (χ4n) is 3.02. The lowest BCUT2D eigenvalue weighted by molar-refractivity contribution is -0.115. The molecule has 0 bridgehead atoms. The minimum atomic E-state index is -0.180. The Labute approximate surface area is 193 Å². The number of halogens is 1. The highest BCUT2D eigenvalue weighted by molar-refractivity contribution is 7.99. The largest absolute Gasteiger partial charge is 0.495 e. The first-order valence-corrected chi connectivity index (χ1v) is 11.0. The van der Waals surface area contributed by atoms with E-state index in [2.05, 4.69) is 15.3 Å². The van der Waals surface area contributed by atoms with E-state index in [1.165, 1.54) is 26.0 Å². The Bertz CT molecular complexity index is 1140. The molecule has 0 saturated carbocycles. The lowest BCUT2D eigenvalue weighted by Crippen LogP contribution is -2.13. The van der Waals surface area contributed by atoms with E-state index in [4.69, 9.17) is 29.9 Å². The van der Waals surface area contributed by atoms with Gasteiger partial charge in [0.25, 0.3) is 0 Å². The number of amides is 1. The first-order valence-electron chi connectivity index (χ1n) is 9.61. The van der Waals surface area contributed by atoms with Crippen molar-refractivity contribution in [2.45, 2.75) is 11.6 Å². The van der Waals surface area contributed by atoms with E-state index in [0.717, 1.165) is 5.69 Å². The monoisotopic (exact) mass is 473 g/mol. The van der Waals surface area contributed by atoms with Crippen molar-refractivity contribution in [2.75, 3.05) is 25.3 Å². The number of H-pyrrole nitrogens is 1. The molecular weight excluding hydrogens is 454 g/mol. The maximum absolute atomic E-state index is 12.5.